The van der Waals surface area contributed by atoms with Crippen molar-refractivity contribution in [2.45, 2.75) is 100 Å². The molecule has 0 bridgehead atoms. The largest absolute Gasteiger partial charge is 0.469 e. The van der Waals surface area contributed by atoms with E-state index in [0.717, 1.165) is 27.9 Å². The third-order valence-electron chi connectivity index (χ3n) is 19.3. The molecule has 4 aromatic carbocycles. The lowest BCUT2D eigenvalue weighted by molar-refractivity contribution is -0.132. The van der Waals surface area contributed by atoms with Crippen LogP contribution in [0.5, 0.6) is 11.8 Å². The van der Waals surface area contributed by atoms with E-state index in [1.54, 1.807) is 108 Å². The number of carbonyl (C=O) groups is 8. The fraction of sp³-hybridized carbons (Fsp3) is 0.294. The summed E-state index contributed by atoms with van der Waals surface area (Å²) < 4.78 is 27.2. The van der Waals surface area contributed by atoms with Crippen LogP contribution in [0.15, 0.2) is 225 Å². The Bertz CT molecular complexity index is 5130. The summed E-state index contributed by atoms with van der Waals surface area (Å²) in [5.74, 6) is 0.596. The standard InChI is InChI=1S/C43H45N5O6.C42H43N5O6/c1-28-23-36(49)29(2)38(39(28)51)43(3,4)26-37(50)46(5)20-14-21-47(6)42(52)54-41-34(25-32-19-13-22-53-32)45-40-33(24-30-15-9-7-10-16-30)44-35(27-48(40)41)31-17-11-8-12-18-31;1-27-22-35(48)28(2)37(38(27)50)42(3,4)25-36(49)45(5)19-20-46(6)41(51)53-40-33(24-31-18-13-21-52-31)44-39-32(23-29-14-9-7-10-15-29)43-34(26-47(39)40)30-16-11-8-12-17-30/h7-13,15-19,22-23,27H,14,20-21,24-26H2,1-6H3;7-18,21-22,26H,19-20,23-25H2,1-6H3. The van der Waals surface area contributed by atoms with E-state index in [2.05, 4.69) is 0 Å². The number of ether oxygens (including phenoxy) is 2. The van der Waals surface area contributed by atoms with Gasteiger partial charge in [-0.1, -0.05) is 149 Å². The second kappa shape index (κ2) is 32.9. The minimum Gasteiger partial charge on any atom is -0.469 e. The number of hydrogen-bond donors (Lipinski definition) is 0. The zero-order chi connectivity index (χ0) is 76.4. The molecule has 0 atom stereocenters. The maximum atomic E-state index is 13.7. The summed E-state index contributed by atoms with van der Waals surface area (Å²) in [7, 11) is 6.60. The molecule has 4 amide bonds. The highest BCUT2D eigenvalue weighted by Crippen LogP contribution is 2.40. The van der Waals surface area contributed by atoms with Crippen LogP contribution < -0.4 is 9.47 Å². The highest BCUT2D eigenvalue weighted by molar-refractivity contribution is 6.23. The molecule has 0 saturated carbocycles. The van der Waals surface area contributed by atoms with Crippen LogP contribution in [0.3, 0.4) is 0 Å². The Hall–Kier alpha value is -12.2. The van der Waals surface area contributed by atoms with Crippen LogP contribution in [-0.4, -0.2) is 150 Å². The first-order valence-electron chi connectivity index (χ1n) is 35.5. The molecule has 6 aromatic heterocycles. The molecular formula is C85H88N10O12. The van der Waals surface area contributed by atoms with Crippen molar-refractivity contribution >= 4 is 58.4 Å². The fourth-order valence-corrected chi connectivity index (χ4v) is 13.3. The number of likely N-dealkylation sites (N-methyl/N-ethyl adjacent to an activating group) is 2. The minimum absolute atomic E-state index is 0.0116. The van der Waals surface area contributed by atoms with E-state index in [-0.39, 0.29) is 79.1 Å². The summed E-state index contributed by atoms with van der Waals surface area (Å²) in [6.45, 7) is 14.8. The van der Waals surface area contributed by atoms with Gasteiger partial charge in [0.05, 0.1) is 48.1 Å². The summed E-state index contributed by atoms with van der Waals surface area (Å²) >= 11 is 0. The number of ketones is 4. The Kier molecular flexibility index (Phi) is 23.3. The van der Waals surface area contributed by atoms with Crippen molar-refractivity contribution in [2.24, 2.45) is 10.8 Å². The van der Waals surface area contributed by atoms with Gasteiger partial charge in [-0.3, -0.25) is 37.6 Å². The first kappa shape index (κ1) is 75.9. The Morgan fingerprint density at radius 3 is 1.17 bits per heavy atom. The molecule has 22 heteroatoms. The molecule has 0 N–H and O–H groups in total. The maximum absolute atomic E-state index is 13.7. The number of fused-ring (bicyclic) bond motifs is 2. The van der Waals surface area contributed by atoms with E-state index in [0.29, 0.717) is 123 Å². The summed E-state index contributed by atoms with van der Waals surface area (Å²) in [5.41, 5.74) is 9.44. The van der Waals surface area contributed by atoms with Gasteiger partial charge in [0, 0.05) is 148 Å². The van der Waals surface area contributed by atoms with E-state index in [9.17, 15) is 38.4 Å². The fourth-order valence-electron chi connectivity index (χ4n) is 13.3. The van der Waals surface area contributed by atoms with E-state index >= 15 is 0 Å². The zero-order valence-corrected chi connectivity index (χ0v) is 62.5. The second-order valence-corrected chi connectivity index (χ2v) is 28.6. The Balaban J connectivity index is 0.000000213. The van der Waals surface area contributed by atoms with Gasteiger partial charge in [0.1, 0.15) is 22.9 Å². The Morgan fingerprint density at radius 1 is 0.430 bits per heavy atom. The van der Waals surface area contributed by atoms with E-state index in [1.807, 2.05) is 160 Å². The first-order chi connectivity index (χ1) is 51.1. The molecule has 0 fully saturated rings. The number of nitrogens with zero attached hydrogens (tertiary/aromatic N) is 10. The number of allylic oxidation sites excluding steroid dienone is 8. The number of furan rings is 2. The molecule has 2 aliphatic rings. The van der Waals surface area contributed by atoms with E-state index in [4.69, 9.17) is 38.2 Å². The minimum atomic E-state index is -0.872. The highest BCUT2D eigenvalue weighted by Gasteiger charge is 2.39. The van der Waals surface area contributed by atoms with Crippen LogP contribution in [0.4, 0.5) is 9.59 Å². The molecule has 107 heavy (non-hydrogen) atoms. The normalized spacial score (nSPS) is 13.3. The first-order valence-corrected chi connectivity index (χ1v) is 35.5. The molecule has 0 aliphatic heterocycles. The van der Waals surface area contributed by atoms with Crippen LogP contribution in [0, 0.1) is 10.8 Å². The predicted octanol–water partition coefficient (Wildman–Crippen LogP) is 14.2. The van der Waals surface area contributed by atoms with Gasteiger partial charge >= 0.3 is 12.2 Å². The lowest BCUT2D eigenvalue weighted by Crippen LogP contribution is -2.40. The van der Waals surface area contributed by atoms with Gasteiger partial charge in [0.25, 0.3) is 0 Å². The molecule has 10 aromatic rings. The molecule has 22 nitrogen and oxygen atoms in total. The third-order valence-corrected chi connectivity index (χ3v) is 19.3. The smallest absolute Gasteiger partial charge is 0.416 e. The molecule has 0 spiro atoms. The van der Waals surface area contributed by atoms with Crippen molar-refractivity contribution in [2.75, 3.05) is 54.4 Å². The van der Waals surface area contributed by atoms with E-state index in [1.165, 1.54) is 26.9 Å². The number of imidazole rings is 2. The molecule has 0 saturated heterocycles. The maximum Gasteiger partial charge on any atom is 0.416 e. The molecule has 0 unspecified atom stereocenters. The number of carbonyl (C=O) groups excluding carboxylic acids is 8. The van der Waals surface area contributed by atoms with Crippen molar-refractivity contribution in [3.63, 3.8) is 0 Å². The summed E-state index contributed by atoms with van der Waals surface area (Å²) in [4.78, 5) is 131. The van der Waals surface area contributed by atoms with Gasteiger partial charge in [-0.05, 0) is 81.7 Å². The van der Waals surface area contributed by atoms with Crippen LogP contribution in [0.1, 0.15) is 120 Å². The Labute approximate surface area is 621 Å². The number of aromatic nitrogens is 6. The summed E-state index contributed by atoms with van der Waals surface area (Å²) in [6.07, 6.45) is 10.5. The third kappa shape index (κ3) is 17.8. The molecule has 550 valence electrons. The Morgan fingerprint density at radius 2 is 0.785 bits per heavy atom. The zero-order valence-electron chi connectivity index (χ0n) is 62.5. The van der Waals surface area contributed by atoms with Crippen molar-refractivity contribution in [3.8, 4) is 34.3 Å². The second-order valence-electron chi connectivity index (χ2n) is 28.6. The average molecular weight is 1440 g/mol. The predicted molar refractivity (Wildman–Crippen MR) is 405 cm³/mol. The number of Topliss-reactive ketones (excluding diaryl/α,β-unsaturated/α-hetero) is 2. The van der Waals surface area contributed by atoms with Crippen LogP contribution in [0.25, 0.3) is 33.8 Å². The number of hydrogen-bond acceptors (Lipinski definition) is 16. The lowest BCUT2D eigenvalue weighted by Gasteiger charge is -2.32. The summed E-state index contributed by atoms with van der Waals surface area (Å²) in [5, 5.41) is 0. The lowest BCUT2D eigenvalue weighted by atomic mass is 9.72. The molecular weight excluding hydrogens is 1350 g/mol. The van der Waals surface area contributed by atoms with Crippen LogP contribution in [-0.2, 0) is 54.5 Å². The van der Waals surface area contributed by atoms with Crippen molar-refractivity contribution in [3.05, 3.63) is 262 Å². The topological polar surface area (TPSA) is 255 Å². The van der Waals surface area contributed by atoms with Gasteiger partial charge < -0.3 is 37.9 Å². The molecule has 0 radical (unpaired) electrons. The molecule has 6 heterocycles. The van der Waals surface area contributed by atoms with Crippen molar-refractivity contribution in [1.82, 2.24) is 48.3 Å². The number of amides is 4. The van der Waals surface area contributed by atoms with Crippen LogP contribution in [0.2, 0.25) is 0 Å². The van der Waals surface area contributed by atoms with Gasteiger partial charge in [0.2, 0.25) is 23.6 Å². The van der Waals surface area contributed by atoms with Crippen LogP contribution >= 0.6 is 0 Å². The van der Waals surface area contributed by atoms with Crippen molar-refractivity contribution < 1.29 is 56.7 Å². The van der Waals surface area contributed by atoms with E-state index < -0.39 is 23.0 Å². The molecule has 2 aliphatic carbocycles. The number of benzene rings is 4. The monoisotopic (exact) mass is 1440 g/mol. The highest BCUT2D eigenvalue weighted by atomic mass is 16.6. The van der Waals surface area contributed by atoms with Gasteiger partial charge in [-0.2, -0.15) is 0 Å². The van der Waals surface area contributed by atoms with Crippen molar-refractivity contribution in [1.29, 1.82) is 0 Å². The van der Waals surface area contributed by atoms with Gasteiger partial charge in [0.15, 0.2) is 34.4 Å². The quantitative estimate of drug-likeness (QED) is 0.0482. The number of rotatable bonds is 25. The van der Waals surface area contributed by atoms with Gasteiger partial charge in [-0.15, -0.1) is 0 Å². The van der Waals surface area contributed by atoms with Gasteiger partial charge in [-0.25, -0.2) is 29.5 Å². The SMILES string of the molecule is CC1=CC(=O)C(C)=C(C(C)(C)CC(=O)N(C)CCCN(C)C(=O)Oc2c(Cc3ccco3)nc3c(Cc4ccccc4)nc(-c4ccccc4)cn23)C1=O.CC1=CC(=O)C(C)=C(C(C)(C)CC(=O)N(C)CCN(C)C(=O)Oc2c(Cc3ccco3)nc3c(Cc4ccccc4)nc(-c4ccccc4)cn23)C1=O. The average Bonchev–Trinajstić information content (AvgIpc) is 1.55. The molecule has 12 rings (SSSR count). The summed E-state index contributed by atoms with van der Waals surface area (Å²) in [6, 6.07) is 46.9.